The Morgan fingerprint density at radius 3 is 2.65 bits per heavy atom. The Morgan fingerprint density at radius 1 is 1.39 bits per heavy atom. The maximum absolute atomic E-state index is 13.7. The van der Waals surface area contributed by atoms with Crippen molar-refractivity contribution in [2.45, 2.75) is 32.7 Å². The Labute approximate surface area is 137 Å². The minimum absolute atomic E-state index is 0.228. The Morgan fingerprint density at radius 2 is 2.09 bits per heavy atom. The molecular weight excluding hydrogens is 320 g/mol. The number of halogens is 2. The van der Waals surface area contributed by atoms with Gasteiger partial charge in [0.2, 0.25) is 0 Å². The lowest BCUT2D eigenvalue weighted by Gasteiger charge is -2.13. The van der Waals surface area contributed by atoms with Gasteiger partial charge in [-0.25, -0.2) is 13.8 Å². The summed E-state index contributed by atoms with van der Waals surface area (Å²) in [6.07, 6.45) is 0. The van der Waals surface area contributed by atoms with Gasteiger partial charge in [0.15, 0.2) is 0 Å². The molecule has 2 unspecified atom stereocenters. The molecule has 0 bridgehead atoms. The van der Waals surface area contributed by atoms with Crippen LogP contribution in [0.4, 0.5) is 8.78 Å². The van der Waals surface area contributed by atoms with E-state index in [9.17, 15) is 13.6 Å². The molecule has 2 atom stereocenters. The van der Waals surface area contributed by atoms with Crippen molar-refractivity contribution in [2.75, 3.05) is 6.54 Å². The van der Waals surface area contributed by atoms with E-state index in [0.29, 0.717) is 16.3 Å². The number of hydrogen-bond donors (Lipinski definition) is 2. The van der Waals surface area contributed by atoms with Crippen LogP contribution in [0.25, 0.3) is 0 Å². The van der Waals surface area contributed by atoms with Crippen LogP contribution in [0.3, 0.4) is 0 Å². The zero-order valence-electron chi connectivity index (χ0n) is 13.2. The van der Waals surface area contributed by atoms with Gasteiger partial charge in [-0.15, -0.1) is 11.3 Å². The van der Waals surface area contributed by atoms with Gasteiger partial charge in [0.1, 0.15) is 22.3 Å². The van der Waals surface area contributed by atoms with E-state index < -0.39 is 11.6 Å². The maximum Gasteiger partial charge on any atom is 0.271 e. The molecule has 0 aliphatic rings. The van der Waals surface area contributed by atoms with Crippen molar-refractivity contribution in [3.63, 3.8) is 0 Å². The molecule has 23 heavy (non-hydrogen) atoms. The first-order valence-electron chi connectivity index (χ1n) is 7.25. The minimum Gasteiger partial charge on any atom is -0.350 e. The van der Waals surface area contributed by atoms with Crippen molar-refractivity contribution in [2.24, 2.45) is 5.73 Å². The number of hydrogen-bond acceptors (Lipinski definition) is 4. The van der Waals surface area contributed by atoms with E-state index in [2.05, 4.69) is 10.3 Å². The number of aryl methyl sites for hydroxylation is 1. The molecule has 0 fully saturated rings. The lowest BCUT2D eigenvalue weighted by Crippen LogP contribution is -2.28. The van der Waals surface area contributed by atoms with Crippen LogP contribution in [-0.4, -0.2) is 17.4 Å². The average Bonchev–Trinajstić information content (AvgIpc) is 2.86. The molecule has 0 radical (unpaired) electrons. The van der Waals surface area contributed by atoms with Gasteiger partial charge < -0.3 is 11.1 Å². The normalized spacial score (nSPS) is 13.7. The second kappa shape index (κ2) is 7.14. The first kappa shape index (κ1) is 17.5. The smallest absolute Gasteiger partial charge is 0.271 e. The van der Waals surface area contributed by atoms with E-state index in [1.165, 1.54) is 23.5 Å². The van der Waals surface area contributed by atoms with Gasteiger partial charge in [-0.05, 0) is 25.5 Å². The van der Waals surface area contributed by atoms with Gasteiger partial charge in [-0.2, -0.15) is 0 Å². The van der Waals surface area contributed by atoms with Gasteiger partial charge in [0.05, 0.1) is 6.04 Å². The molecule has 1 aromatic heterocycles. The highest BCUT2D eigenvalue weighted by atomic mass is 32.1. The van der Waals surface area contributed by atoms with Crippen molar-refractivity contribution in [3.05, 3.63) is 51.0 Å². The summed E-state index contributed by atoms with van der Waals surface area (Å²) in [6, 6.07) is 3.21. The monoisotopic (exact) mass is 339 g/mol. The molecule has 4 nitrogen and oxygen atoms in total. The highest BCUT2D eigenvalue weighted by molar-refractivity contribution is 7.11. The quantitative estimate of drug-likeness (QED) is 0.878. The number of rotatable bonds is 5. The summed E-state index contributed by atoms with van der Waals surface area (Å²) in [7, 11) is 0. The van der Waals surface area contributed by atoms with Gasteiger partial charge in [-0.1, -0.05) is 13.0 Å². The highest BCUT2D eigenvalue weighted by Crippen LogP contribution is 2.22. The van der Waals surface area contributed by atoms with Crippen LogP contribution in [0.5, 0.6) is 0 Å². The summed E-state index contributed by atoms with van der Waals surface area (Å²) in [6.45, 7) is 5.60. The molecule has 124 valence electrons. The summed E-state index contributed by atoms with van der Waals surface area (Å²) in [5, 5.41) is 3.44. The summed E-state index contributed by atoms with van der Waals surface area (Å²) in [4.78, 5) is 17.2. The second-order valence-corrected chi connectivity index (χ2v) is 6.76. The van der Waals surface area contributed by atoms with Crippen LogP contribution in [0.1, 0.15) is 51.7 Å². The van der Waals surface area contributed by atoms with E-state index >= 15 is 0 Å². The SMILES string of the molecule is Cc1sc(C(C)N)nc1C(=O)NCC(C)c1ccc(F)cc1F. The fourth-order valence-corrected chi connectivity index (χ4v) is 3.03. The van der Waals surface area contributed by atoms with E-state index in [4.69, 9.17) is 5.73 Å². The number of thiazole rings is 1. The summed E-state index contributed by atoms with van der Waals surface area (Å²) in [5.74, 6) is -1.84. The number of amides is 1. The third kappa shape index (κ3) is 4.11. The molecule has 0 saturated carbocycles. The molecule has 0 aliphatic carbocycles. The van der Waals surface area contributed by atoms with Crippen LogP contribution in [0, 0.1) is 18.6 Å². The number of nitrogens with one attached hydrogen (secondary N) is 1. The summed E-state index contributed by atoms with van der Waals surface area (Å²) >= 11 is 1.39. The molecule has 0 saturated heterocycles. The third-order valence-corrected chi connectivity index (χ3v) is 4.65. The van der Waals surface area contributed by atoms with Gasteiger partial charge in [0.25, 0.3) is 5.91 Å². The molecule has 1 aromatic carbocycles. The number of benzene rings is 1. The first-order valence-corrected chi connectivity index (χ1v) is 8.07. The first-order chi connectivity index (χ1) is 10.8. The van der Waals surface area contributed by atoms with Crippen molar-refractivity contribution >= 4 is 17.2 Å². The Balaban J connectivity index is 2.04. The highest BCUT2D eigenvalue weighted by Gasteiger charge is 2.18. The average molecular weight is 339 g/mol. The standard InChI is InChI=1S/C16H19F2N3OS/c1-8(12-5-4-11(17)6-13(12)18)7-20-15(22)14-10(3)23-16(21-14)9(2)19/h4-6,8-9H,7,19H2,1-3H3,(H,20,22). The topological polar surface area (TPSA) is 68.0 Å². The molecule has 0 spiro atoms. The van der Waals surface area contributed by atoms with Crippen molar-refractivity contribution in [1.29, 1.82) is 0 Å². The van der Waals surface area contributed by atoms with Gasteiger partial charge in [0, 0.05) is 23.4 Å². The molecule has 1 amide bonds. The number of carbonyl (C=O) groups excluding carboxylic acids is 1. The molecule has 7 heteroatoms. The molecule has 3 N–H and O–H groups in total. The van der Waals surface area contributed by atoms with Crippen LogP contribution in [0.15, 0.2) is 18.2 Å². The number of aromatic nitrogens is 1. The predicted molar refractivity (Wildman–Crippen MR) is 86.6 cm³/mol. The second-order valence-electron chi connectivity index (χ2n) is 5.52. The van der Waals surface area contributed by atoms with Crippen LogP contribution in [0.2, 0.25) is 0 Å². The molecule has 2 rings (SSSR count). The molecular formula is C16H19F2N3OS. The Hall–Kier alpha value is -1.86. The third-order valence-electron chi connectivity index (χ3n) is 3.48. The number of carbonyl (C=O) groups is 1. The zero-order valence-corrected chi connectivity index (χ0v) is 14.0. The van der Waals surface area contributed by atoms with E-state index in [0.717, 1.165) is 10.9 Å². The van der Waals surface area contributed by atoms with Crippen LogP contribution >= 0.6 is 11.3 Å². The number of nitrogens with two attached hydrogens (primary N) is 1. The lowest BCUT2D eigenvalue weighted by atomic mass is 10.0. The molecule has 2 aromatic rings. The molecule has 0 aliphatic heterocycles. The van der Waals surface area contributed by atoms with E-state index in [1.54, 1.807) is 13.8 Å². The Kier molecular flexibility index (Phi) is 5.43. The number of nitrogens with zero attached hydrogens (tertiary/aromatic N) is 1. The van der Waals surface area contributed by atoms with Crippen molar-refractivity contribution in [3.8, 4) is 0 Å². The summed E-state index contributed by atoms with van der Waals surface area (Å²) < 4.78 is 26.7. The largest absolute Gasteiger partial charge is 0.350 e. The van der Waals surface area contributed by atoms with E-state index in [-0.39, 0.29) is 24.4 Å². The summed E-state index contributed by atoms with van der Waals surface area (Å²) in [5.41, 5.74) is 6.47. The fraction of sp³-hybridized carbons (Fsp3) is 0.375. The van der Waals surface area contributed by atoms with Crippen LogP contribution in [-0.2, 0) is 0 Å². The predicted octanol–water partition coefficient (Wildman–Crippen LogP) is 3.28. The molecule has 1 heterocycles. The lowest BCUT2D eigenvalue weighted by molar-refractivity contribution is 0.0946. The van der Waals surface area contributed by atoms with E-state index in [1.807, 2.05) is 6.92 Å². The van der Waals surface area contributed by atoms with Crippen molar-refractivity contribution in [1.82, 2.24) is 10.3 Å². The van der Waals surface area contributed by atoms with Crippen molar-refractivity contribution < 1.29 is 13.6 Å². The Bertz CT molecular complexity index is 715. The minimum atomic E-state index is -0.621. The maximum atomic E-state index is 13.7. The zero-order chi connectivity index (χ0) is 17.1. The fourth-order valence-electron chi connectivity index (χ4n) is 2.16. The van der Waals surface area contributed by atoms with Gasteiger partial charge in [-0.3, -0.25) is 4.79 Å². The van der Waals surface area contributed by atoms with Gasteiger partial charge >= 0.3 is 0 Å². The van der Waals surface area contributed by atoms with Crippen LogP contribution < -0.4 is 11.1 Å².